The van der Waals surface area contributed by atoms with Crippen LogP contribution in [0.2, 0.25) is 0 Å². The summed E-state index contributed by atoms with van der Waals surface area (Å²) in [5.74, 6) is 0.198. The van der Waals surface area contributed by atoms with E-state index in [0.29, 0.717) is 22.3 Å². The van der Waals surface area contributed by atoms with Gasteiger partial charge in [0.1, 0.15) is 11.4 Å². The van der Waals surface area contributed by atoms with Gasteiger partial charge in [-0.1, -0.05) is 49.9 Å². The largest absolute Gasteiger partial charge is 0.573 e. The molecule has 1 saturated heterocycles. The van der Waals surface area contributed by atoms with Crippen LogP contribution in [-0.2, 0) is 11.8 Å². The zero-order valence-electron chi connectivity index (χ0n) is 22.3. The highest BCUT2D eigenvalue weighted by Crippen LogP contribution is 2.33. The minimum absolute atomic E-state index is 0.0341. The summed E-state index contributed by atoms with van der Waals surface area (Å²) in [6.07, 6.45) is -1.57. The standard InChI is InChI=1S/C29H25F3N6O2S/c1-18(2)22-6-4-5-7-25(22)38-27(39)17-41-28(38)35-34-15-19-8-13-23-24(36-37(3)26(23)14-19)16-33-20-9-11-21(12-10-20)40-29(30,31)32/h4-16,18H,17H2,1-3H3/b33-16+,34-15?,35-28?. The van der Waals surface area contributed by atoms with Crippen molar-refractivity contribution in [2.75, 3.05) is 10.7 Å². The third-order valence-corrected chi connectivity index (χ3v) is 7.14. The number of carbonyl (C=O) groups is 1. The van der Waals surface area contributed by atoms with E-state index < -0.39 is 6.36 Å². The van der Waals surface area contributed by atoms with E-state index >= 15 is 0 Å². The number of thioether (sulfide) groups is 1. The average Bonchev–Trinajstić information content (AvgIpc) is 3.45. The second-order valence-corrected chi connectivity index (χ2v) is 10.4. The van der Waals surface area contributed by atoms with Crippen LogP contribution in [0.5, 0.6) is 5.75 Å². The van der Waals surface area contributed by atoms with Gasteiger partial charge in [0.15, 0.2) is 5.17 Å². The zero-order chi connectivity index (χ0) is 29.1. The van der Waals surface area contributed by atoms with Gasteiger partial charge in [-0.3, -0.25) is 19.4 Å². The van der Waals surface area contributed by atoms with Gasteiger partial charge in [0.05, 0.1) is 35.1 Å². The molecule has 8 nitrogen and oxygen atoms in total. The lowest BCUT2D eigenvalue weighted by Crippen LogP contribution is -2.30. The molecule has 0 aliphatic carbocycles. The van der Waals surface area contributed by atoms with E-state index in [2.05, 4.69) is 38.9 Å². The number of hydrogen-bond donors (Lipinski definition) is 0. The Morgan fingerprint density at radius 3 is 2.54 bits per heavy atom. The van der Waals surface area contributed by atoms with Crippen molar-refractivity contribution in [1.82, 2.24) is 9.78 Å². The monoisotopic (exact) mass is 578 g/mol. The number of nitrogens with zero attached hydrogens (tertiary/aromatic N) is 6. The summed E-state index contributed by atoms with van der Waals surface area (Å²) in [6, 6.07) is 18.7. The fourth-order valence-corrected chi connectivity index (χ4v) is 5.16. The molecule has 0 radical (unpaired) electrons. The third kappa shape index (κ3) is 6.49. The minimum Gasteiger partial charge on any atom is -0.406 e. The first kappa shape index (κ1) is 28.1. The molecule has 4 aromatic rings. The fraction of sp³-hybridized carbons (Fsp3) is 0.207. The van der Waals surface area contributed by atoms with Gasteiger partial charge in [0.25, 0.3) is 0 Å². The molecule has 3 aromatic carbocycles. The van der Waals surface area contributed by atoms with Gasteiger partial charge < -0.3 is 4.74 Å². The number of halogens is 3. The molecule has 1 aromatic heterocycles. The quantitative estimate of drug-likeness (QED) is 0.178. The van der Waals surface area contributed by atoms with Crippen molar-refractivity contribution in [2.45, 2.75) is 26.1 Å². The van der Waals surface area contributed by atoms with Crippen LogP contribution in [0, 0.1) is 0 Å². The molecule has 1 fully saturated rings. The van der Waals surface area contributed by atoms with Crippen LogP contribution in [0.25, 0.3) is 10.9 Å². The number of alkyl halides is 3. The smallest absolute Gasteiger partial charge is 0.406 e. The SMILES string of the molecule is CC(C)c1ccccc1N1C(=O)CSC1=NN=Cc1ccc2c(/C=N/c3ccc(OC(F)(F)F)cc3)nn(C)c2c1. The van der Waals surface area contributed by atoms with E-state index in [9.17, 15) is 18.0 Å². The van der Waals surface area contributed by atoms with E-state index in [1.807, 2.05) is 42.5 Å². The number of aliphatic imine (C=N–C) groups is 1. The van der Waals surface area contributed by atoms with Crippen LogP contribution in [-0.4, -0.2) is 45.4 Å². The lowest BCUT2D eigenvalue weighted by Gasteiger charge is -2.20. The van der Waals surface area contributed by atoms with Crippen LogP contribution in [0.3, 0.4) is 0 Å². The van der Waals surface area contributed by atoms with Crippen molar-refractivity contribution in [3.8, 4) is 5.75 Å². The maximum absolute atomic E-state index is 12.7. The number of anilines is 1. The van der Waals surface area contributed by atoms with E-state index in [4.69, 9.17) is 0 Å². The second-order valence-electron chi connectivity index (χ2n) is 9.44. The Morgan fingerprint density at radius 2 is 1.80 bits per heavy atom. The van der Waals surface area contributed by atoms with Gasteiger partial charge in [-0.05, 0) is 59.5 Å². The van der Waals surface area contributed by atoms with Crippen molar-refractivity contribution >= 4 is 57.5 Å². The number of ether oxygens (including phenoxy) is 1. The molecule has 1 amide bonds. The van der Waals surface area contributed by atoms with E-state index in [1.165, 1.54) is 36.0 Å². The van der Waals surface area contributed by atoms with Gasteiger partial charge in [0.2, 0.25) is 5.91 Å². The Bertz CT molecular complexity index is 1680. The highest BCUT2D eigenvalue weighted by molar-refractivity contribution is 8.15. The molecule has 41 heavy (non-hydrogen) atoms. The lowest BCUT2D eigenvalue weighted by molar-refractivity contribution is -0.274. The highest BCUT2D eigenvalue weighted by Gasteiger charge is 2.32. The van der Waals surface area contributed by atoms with Gasteiger partial charge in [0, 0.05) is 12.4 Å². The third-order valence-electron chi connectivity index (χ3n) is 6.23. The molecule has 0 bridgehead atoms. The summed E-state index contributed by atoms with van der Waals surface area (Å²) in [7, 11) is 1.80. The Hall–Kier alpha value is -4.45. The van der Waals surface area contributed by atoms with Crippen molar-refractivity contribution in [1.29, 1.82) is 0 Å². The number of amidine groups is 1. The van der Waals surface area contributed by atoms with Gasteiger partial charge in [-0.15, -0.1) is 18.3 Å². The van der Waals surface area contributed by atoms with Crippen LogP contribution in [0.15, 0.2) is 81.9 Å². The molecule has 0 saturated carbocycles. The van der Waals surface area contributed by atoms with E-state index in [-0.39, 0.29) is 17.6 Å². The van der Waals surface area contributed by atoms with Crippen LogP contribution < -0.4 is 9.64 Å². The number of para-hydroxylation sites is 1. The molecule has 0 N–H and O–H groups in total. The van der Waals surface area contributed by atoms with Crippen LogP contribution in [0.4, 0.5) is 24.5 Å². The topological polar surface area (TPSA) is 84.4 Å². The van der Waals surface area contributed by atoms with Crippen molar-refractivity contribution in [3.05, 3.63) is 83.6 Å². The average molecular weight is 579 g/mol. The van der Waals surface area contributed by atoms with Gasteiger partial charge in [-0.2, -0.15) is 10.2 Å². The number of carbonyl (C=O) groups excluding carboxylic acids is 1. The highest BCUT2D eigenvalue weighted by atomic mass is 32.2. The summed E-state index contributed by atoms with van der Waals surface area (Å²) in [5, 5.41) is 14.5. The Labute approximate surface area is 238 Å². The van der Waals surface area contributed by atoms with Gasteiger partial charge in [-0.25, -0.2) is 0 Å². The van der Waals surface area contributed by atoms with E-state index in [1.54, 1.807) is 29.1 Å². The van der Waals surface area contributed by atoms with Crippen molar-refractivity contribution < 1.29 is 22.7 Å². The first-order valence-electron chi connectivity index (χ1n) is 12.6. The number of amides is 1. The molecule has 210 valence electrons. The molecular weight excluding hydrogens is 553 g/mol. The van der Waals surface area contributed by atoms with Crippen LogP contribution in [0.1, 0.15) is 36.6 Å². The summed E-state index contributed by atoms with van der Waals surface area (Å²) in [5.41, 5.74) is 4.56. The van der Waals surface area contributed by atoms with Crippen LogP contribution >= 0.6 is 11.8 Å². The summed E-state index contributed by atoms with van der Waals surface area (Å²) < 4.78 is 42.7. The molecule has 12 heteroatoms. The number of hydrogen-bond acceptors (Lipinski definition) is 7. The molecule has 0 atom stereocenters. The van der Waals surface area contributed by atoms with E-state index in [0.717, 1.165) is 27.7 Å². The molecule has 1 aliphatic rings. The number of aromatic nitrogens is 2. The number of benzene rings is 3. The number of rotatable bonds is 7. The fourth-order valence-electron chi connectivity index (χ4n) is 4.34. The Morgan fingerprint density at radius 1 is 1.05 bits per heavy atom. The minimum atomic E-state index is -4.75. The molecule has 0 unspecified atom stereocenters. The normalized spacial score (nSPS) is 15.4. The maximum atomic E-state index is 12.7. The zero-order valence-corrected chi connectivity index (χ0v) is 23.1. The maximum Gasteiger partial charge on any atom is 0.573 e. The Kier molecular flexibility index (Phi) is 7.93. The Balaban J connectivity index is 1.34. The lowest BCUT2D eigenvalue weighted by atomic mass is 10.0. The first-order valence-corrected chi connectivity index (χ1v) is 13.6. The van der Waals surface area contributed by atoms with Crippen molar-refractivity contribution in [3.63, 3.8) is 0 Å². The first-order chi connectivity index (χ1) is 19.6. The van der Waals surface area contributed by atoms with Crippen molar-refractivity contribution in [2.24, 2.45) is 22.2 Å². The molecule has 5 rings (SSSR count). The molecule has 0 spiro atoms. The number of fused-ring (bicyclic) bond motifs is 1. The molecule has 2 heterocycles. The summed E-state index contributed by atoms with van der Waals surface area (Å²) >= 11 is 1.35. The predicted molar refractivity (Wildman–Crippen MR) is 157 cm³/mol. The molecular formula is C29H25F3N6O2S. The summed E-state index contributed by atoms with van der Waals surface area (Å²) in [6.45, 7) is 4.17. The second kappa shape index (κ2) is 11.6. The molecule has 1 aliphatic heterocycles. The number of aryl methyl sites for hydroxylation is 1. The summed E-state index contributed by atoms with van der Waals surface area (Å²) in [4.78, 5) is 18.7. The van der Waals surface area contributed by atoms with Gasteiger partial charge >= 0.3 is 6.36 Å². The predicted octanol–water partition coefficient (Wildman–Crippen LogP) is 6.82.